The van der Waals surface area contributed by atoms with Crippen molar-refractivity contribution < 1.29 is 38.4 Å². The summed E-state index contributed by atoms with van der Waals surface area (Å²) in [5.41, 5.74) is 2.25. The van der Waals surface area contributed by atoms with Crippen LogP contribution in [0.1, 0.15) is 28.7 Å². The highest BCUT2D eigenvalue weighted by Gasteiger charge is 2.53. The van der Waals surface area contributed by atoms with Crippen LogP contribution in [0.25, 0.3) is 0 Å². The first kappa shape index (κ1) is 21.5. The number of hydrogen-bond acceptors (Lipinski definition) is 8. The number of carbonyl (C=O) groups excluding carboxylic acids is 2. The molecule has 4 atom stereocenters. The molecule has 3 aliphatic rings. The van der Waals surface area contributed by atoms with E-state index in [1.165, 1.54) is 14.2 Å². The first-order valence-electron chi connectivity index (χ1n) is 10.4. The Morgan fingerprint density at radius 2 is 1.73 bits per heavy atom. The van der Waals surface area contributed by atoms with Gasteiger partial charge in [0.05, 0.1) is 32.8 Å². The van der Waals surface area contributed by atoms with Gasteiger partial charge in [-0.15, -0.1) is 11.6 Å². The lowest BCUT2D eigenvalue weighted by Crippen LogP contribution is -2.43. The molecule has 0 radical (unpaired) electrons. The number of aromatic hydroxyl groups is 1. The van der Waals surface area contributed by atoms with Gasteiger partial charge in [-0.3, -0.25) is 9.59 Å². The molecule has 3 unspecified atom stereocenters. The number of esters is 1. The molecule has 1 saturated heterocycles. The topological polar surface area (TPSA) is 113 Å². The zero-order valence-corrected chi connectivity index (χ0v) is 18.7. The molecule has 1 fully saturated rings. The van der Waals surface area contributed by atoms with Gasteiger partial charge in [0.2, 0.25) is 18.4 Å². The predicted octanol–water partition coefficient (Wildman–Crippen LogP) is 2.47. The van der Waals surface area contributed by atoms with Crippen molar-refractivity contribution in [2.75, 3.05) is 33.5 Å². The van der Waals surface area contributed by atoms with Crippen LogP contribution in [0.3, 0.4) is 0 Å². The van der Waals surface area contributed by atoms with Gasteiger partial charge in [-0.05, 0) is 41.0 Å². The quantitative estimate of drug-likeness (QED) is 0.501. The third-order valence-electron chi connectivity index (χ3n) is 6.49. The fraction of sp³-hybridized carbons (Fsp3) is 0.391. The summed E-state index contributed by atoms with van der Waals surface area (Å²) in [6.45, 7) is 0.227. The fourth-order valence-electron chi connectivity index (χ4n) is 5.05. The zero-order valence-electron chi connectivity index (χ0n) is 17.9. The molecule has 0 aromatic heterocycles. The summed E-state index contributed by atoms with van der Waals surface area (Å²) >= 11 is 5.76. The Labute approximate surface area is 194 Å². The molecule has 9 nitrogen and oxygen atoms in total. The summed E-state index contributed by atoms with van der Waals surface area (Å²) in [4.78, 5) is 25.2. The van der Waals surface area contributed by atoms with E-state index in [9.17, 15) is 14.7 Å². The average molecular weight is 476 g/mol. The summed E-state index contributed by atoms with van der Waals surface area (Å²) in [5, 5.41) is 13.3. The number of phenols is 1. The second-order valence-electron chi connectivity index (χ2n) is 8.08. The smallest absolute Gasteiger partial charge is 0.310 e. The maximum atomic E-state index is 13.0. The maximum Gasteiger partial charge on any atom is 0.310 e. The van der Waals surface area contributed by atoms with Crippen molar-refractivity contribution in [3.8, 4) is 28.7 Å². The van der Waals surface area contributed by atoms with Gasteiger partial charge >= 0.3 is 5.97 Å². The van der Waals surface area contributed by atoms with Crippen molar-refractivity contribution in [3.05, 3.63) is 41.0 Å². The molecule has 2 N–H and O–H groups in total. The van der Waals surface area contributed by atoms with Crippen LogP contribution >= 0.6 is 11.6 Å². The number of amides is 1. The lowest BCUT2D eigenvalue weighted by atomic mass is 9.65. The normalized spacial score (nSPS) is 24.5. The van der Waals surface area contributed by atoms with E-state index in [2.05, 4.69) is 5.32 Å². The molecule has 0 bridgehead atoms. The molecule has 2 heterocycles. The van der Waals surface area contributed by atoms with Gasteiger partial charge in [0.15, 0.2) is 23.0 Å². The van der Waals surface area contributed by atoms with Crippen LogP contribution in [0.2, 0.25) is 0 Å². The van der Waals surface area contributed by atoms with Gasteiger partial charge in [-0.1, -0.05) is 0 Å². The zero-order chi connectivity index (χ0) is 23.3. The number of fused-ring (bicyclic) bond motifs is 3. The number of ether oxygens (including phenoxy) is 5. The number of phenolic OH excluding ortho intramolecular Hbond substituents is 1. The van der Waals surface area contributed by atoms with Crippen LogP contribution in [0.5, 0.6) is 28.7 Å². The van der Waals surface area contributed by atoms with E-state index in [0.717, 1.165) is 11.1 Å². The molecule has 174 valence electrons. The second kappa shape index (κ2) is 8.22. The van der Waals surface area contributed by atoms with E-state index in [-0.39, 0.29) is 54.3 Å². The van der Waals surface area contributed by atoms with Gasteiger partial charge in [-0.25, -0.2) is 0 Å². The Balaban J connectivity index is 1.74. The Morgan fingerprint density at radius 3 is 2.33 bits per heavy atom. The molecule has 2 aliphatic heterocycles. The van der Waals surface area contributed by atoms with Crippen LogP contribution in [0.15, 0.2) is 24.3 Å². The van der Waals surface area contributed by atoms with Crippen LogP contribution in [0, 0.1) is 11.8 Å². The van der Waals surface area contributed by atoms with Crippen LogP contribution in [-0.2, 0) is 14.3 Å². The molecule has 1 aliphatic carbocycles. The summed E-state index contributed by atoms with van der Waals surface area (Å²) in [5.74, 6) is -0.946. The highest BCUT2D eigenvalue weighted by Crippen LogP contribution is 2.55. The van der Waals surface area contributed by atoms with E-state index >= 15 is 0 Å². The van der Waals surface area contributed by atoms with Gasteiger partial charge in [0.25, 0.3) is 0 Å². The molecule has 0 spiro atoms. The molecule has 5 rings (SSSR count). The second-order valence-corrected chi connectivity index (χ2v) is 8.35. The molecule has 2 aromatic rings. The van der Waals surface area contributed by atoms with Crippen LogP contribution in [0.4, 0.5) is 0 Å². The monoisotopic (exact) mass is 475 g/mol. The van der Waals surface area contributed by atoms with Crippen molar-refractivity contribution in [3.63, 3.8) is 0 Å². The van der Waals surface area contributed by atoms with E-state index in [1.54, 1.807) is 12.1 Å². The van der Waals surface area contributed by atoms with Crippen molar-refractivity contribution >= 4 is 23.5 Å². The number of rotatable bonds is 5. The minimum Gasteiger partial charge on any atom is -0.502 e. The fourth-order valence-corrected chi connectivity index (χ4v) is 5.13. The van der Waals surface area contributed by atoms with E-state index in [1.807, 2.05) is 12.1 Å². The number of methoxy groups -OCH3 is 2. The molecule has 2 aromatic carbocycles. The lowest BCUT2D eigenvalue weighted by molar-refractivity contribution is -0.141. The molecule has 10 heteroatoms. The average Bonchev–Trinajstić information content (AvgIpc) is 3.44. The number of nitrogens with one attached hydrogen (secondary N) is 1. The minimum atomic E-state index is -0.600. The third kappa shape index (κ3) is 3.38. The highest BCUT2D eigenvalue weighted by atomic mass is 35.5. The van der Waals surface area contributed by atoms with Crippen molar-refractivity contribution in [2.45, 2.75) is 12.0 Å². The third-order valence-corrected chi connectivity index (χ3v) is 6.73. The molecule has 33 heavy (non-hydrogen) atoms. The first-order valence-corrected chi connectivity index (χ1v) is 10.9. The van der Waals surface area contributed by atoms with E-state index < -0.39 is 17.9 Å². The first-order chi connectivity index (χ1) is 16.0. The van der Waals surface area contributed by atoms with Crippen LogP contribution < -0.4 is 24.3 Å². The van der Waals surface area contributed by atoms with Gasteiger partial charge in [0, 0.05) is 11.8 Å². The summed E-state index contributed by atoms with van der Waals surface area (Å²) in [6.07, 6.45) is 0. The molecular formula is C23H22ClNO8. The molecule has 0 saturated carbocycles. The number of benzene rings is 2. The largest absolute Gasteiger partial charge is 0.502 e. The Bertz CT molecular complexity index is 1110. The minimum absolute atomic E-state index is 0.0807. The maximum absolute atomic E-state index is 13.0. The van der Waals surface area contributed by atoms with Gasteiger partial charge < -0.3 is 34.1 Å². The lowest BCUT2D eigenvalue weighted by Gasteiger charge is -2.39. The van der Waals surface area contributed by atoms with Crippen molar-refractivity contribution in [2.24, 2.45) is 11.8 Å². The number of alkyl halides is 1. The Hall–Kier alpha value is -3.33. The van der Waals surface area contributed by atoms with Gasteiger partial charge in [0.1, 0.15) is 5.88 Å². The number of cyclic esters (lactones) is 1. The highest BCUT2D eigenvalue weighted by molar-refractivity contribution is 6.27. The Kier molecular flexibility index (Phi) is 5.36. The van der Waals surface area contributed by atoms with Gasteiger partial charge in [-0.2, -0.15) is 0 Å². The number of carbonyl (C=O) groups is 2. The SMILES string of the molecule is COc1cc(C2c3cc4c(cc3[C@@H](NC(=O)CCl)C3COC(=O)C23)OCO4)cc(OC)c1O. The Morgan fingerprint density at radius 1 is 1.09 bits per heavy atom. The number of hydrogen-bond donors (Lipinski definition) is 2. The summed E-state index contributed by atoms with van der Waals surface area (Å²) in [7, 11) is 2.88. The van der Waals surface area contributed by atoms with E-state index in [4.69, 9.17) is 35.3 Å². The summed E-state index contributed by atoms with van der Waals surface area (Å²) in [6, 6.07) is 6.51. The molecule has 1 amide bonds. The predicted molar refractivity (Wildman–Crippen MR) is 115 cm³/mol. The van der Waals surface area contributed by atoms with Crippen molar-refractivity contribution in [1.29, 1.82) is 0 Å². The number of halogens is 1. The van der Waals surface area contributed by atoms with Crippen LogP contribution in [-0.4, -0.2) is 50.5 Å². The standard InChI is InChI=1S/C23H22ClNO8/c1-29-16-3-10(4-17(30-2)22(16)27)19-11-5-14-15(33-9-32-14)6-12(11)21(25-18(26)7-24)13-8-31-23(28)20(13)19/h3-6,13,19-21,27H,7-9H2,1-2H3,(H,25,26)/t13?,19?,20?,21-/m1/s1. The molecular weight excluding hydrogens is 454 g/mol. The van der Waals surface area contributed by atoms with E-state index in [0.29, 0.717) is 17.1 Å². The van der Waals surface area contributed by atoms with Crippen molar-refractivity contribution in [1.82, 2.24) is 5.32 Å². The summed E-state index contributed by atoms with van der Waals surface area (Å²) < 4.78 is 27.3.